The van der Waals surface area contributed by atoms with Crippen LogP contribution in [0.2, 0.25) is 0 Å². The van der Waals surface area contributed by atoms with Crippen molar-refractivity contribution in [2.45, 2.75) is 12.8 Å². The maximum absolute atomic E-state index is 11.0. The quantitative estimate of drug-likeness (QED) is 0.634. The van der Waals surface area contributed by atoms with Gasteiger partial charge >= 0.3 is 5.97 Å². The van der Waals surface area contributed by atoms with E-state index in [0.29, 0.717) is 12.8 Å². The van der Waals surface area contributed by atoms with Gasteiger partial charge in [0.2, 0.25) is 0 Å². The van der Waals surface area contributed by atoms with Gasteiger partial charge in [0, 0.05) is 18.0 Å². The minimum Gasteiger partial charge on any atom is -0.469 e. The summed E-state index contributed by atoms with van der Waals surface area (Å²) >= 11 is 0. The number of para-hydroxylation sites is 1. The van der Waals surface area contributed by atoms with Gasteiger partial charge in [0.05, 0.1) is 12.6 Å². The minimum absolute atomic E-state index is 0.241. The third-order valence-electron chi connectivity index (χ3n) is 2.60. The van der Waals surface area contributed by atoms with E-state index in [9.17, 15) is 10.0 Å². The fraction of sp³-hybridized carbons (Fsp3) is 0.250. The molecule has 0 unspecified atom stereocenters. The number of hydrogen-bond donors (Lipinski definition) is 1. The first-order chi connectivity index (χ1) is 7.72. The Kier molecular flexibility index (Phi) is 2.81. The molecule has 2 aromatic rings. The molecule has 0 bridgehead atoms. The number of hydrogen-bond acceptors (Lipinski definition) is 3. The van der Waals surface area contributed by atoms with Crippen LogP contribution >= 0.6 is 0 Å². The van der Waals surface area contributed by atoms with Crippen molar-refractivity contribution in [2.24, 2.45) is 0 Å². The van der Waals surface area contributed by atoms with Crippen molar-refractivity contribution in [3.8, 4) is 0 Å². The predicted octanol–water partition coefficient (Wildman–Crippen LogP) is 1.98. The highest BCUT2D eigenvalue weighted by Gasteiger charge is 2.09. The molecule has 0 saturated heterocycles. The summed E-state index contributed by atoms with van der Waals surface area (Å²) < 4.78 is 5.67. The third-order valence-corrected chi connectivity index (χ3v) is 2.60. The van der Waals surface area contributed by atoms with Gasteiger partial charge in [-0.15, -0.1) is 0 Å². The lowest BCUT2D eigenvalue weighted by molar-refractivity contribution is -0.140. The predicted molar refractivity (Wildman–Crippen MR) is 59.5 cm³/mol. The SMILES string of the molecule is COC(=O)CCc1cn(O)c2ccccc12. The zero-order chi connectivity index (χ0) is 11.5. The normalized spacial score (nSPS) is 10.6. The van der Waals surface area contributed by atoms with Crippen LogP contribution in [0.5, 0.6) is 0 Å². The van der Waals surface area contributed by atoms with Crippen molar-refractivity contribution in [2.75, 3.05) is 7.11 Å². The highest BCUT2D eigenvalue weighted by Crippen LogP contribution is 2.21. The third kappa shape index (κ3) is 1.86. The van der Waals surface area contributed by atoms with Crippen molar-refractivity contribution < 1.29 is 14.7 Å². The van der Waals surface area contributed by atoms with E-state index >= 15 is 0 Å². The molecule has 0 amide bonds. The van der Waals surface area contributed by atoms with Gasteiger partial charge < -0.3 is 9.94 Å². The Hall–Kier alpha value is -1.97. The maximum atomic E-state index is 11.0. The highest BCUT2D eigenvalue weighted by atomic mass is 16.5. The van der Waals surface area contributed by atoms with E-state index in [2.05, 4.69) is 4.74 Å². The van der Waals surface area contributed by atoms with Crippen LogP contribution in [0.1, 0.15) is 12.0 Å². The number of rotatable bonds is 3. The van der Waals surface area contributed by atoms with E-state index in [1.165, 1.54) is 7.11 Å². The zero-order valence-corrected chi connectivity index (χ0v) is 9.01. The Morgan fingerprint density at radius 1 is 1.44 bits per heavy atom. The number of ether oxygens (including phenoxy) is 1. The van der Waals surface area contributed by atoms with Crippen molar-refractivity contribution in [1.29, 1.82) is 0 Å². The second kappa shape index (κ2) is 4.26. The van der Waals surface area contributed by atoms with Gasteiger partial charge in [-0.2, -0.15) is 4.73 Å². The van der Waals surface area contributed by atoms with Crippen molar-refractivity contribution in [3.05, 3.63) is 36.0 Å². The molecule has 1 aromatic carbocycles. The molecule has 4 nitrogen and oxygen atoms in total. The molecule has 0 fully saturated rings. The van der Waals surface area contributed by atoms with E-state index in [4.69, 9.17) is 0 Å². The lowest BCUT2D eigenvalue weighted by atomic mass is 10.1. The van der Waals surface area contributed by atoms with E-state index in [0.717, 1.165) is 21.2 Å². The average Bonchev–Trinajstić information content (AvgIpc) is 2.64. The lowest BCUT2D eigenvalue weighted by Crippen LogP contribution is -2.01. The summed E-state index contributed by atoms with van der Waals surface area (Å²) in [4.78, 5) is 11.0. The van der Waals surface area contributed by atoms with Crippen molar-refractivity contribution >= 4 is 16.9 Å². The minimum atomic E-state index is -0.241. The number of methoxy groups -OCH3 is 1. The molecular formula is C12H13NO3. The van der Waals surface area contributed by atoms with E-state index < -0.39 is 0 Å². The van der Waals surface area contributed by atoms with Gasteiger partial charge in [-0.1, -0.05) is 18.2 Å². The Labute approximate surface area is 93.0 Å². The van der Waals surface area contributed by atoms with Crippen LogP contribution in [0.15, 0.2) is 30.5 Å². The second-order valence-corrected chi connectivity index (χ2v) is 3.59. The second-order valence-electron chi connectivity index (χ2n) is 3.59. The largest absolute Gasteiger partial charge is 0.469 e. The molecule has 16 heavy (non-hydrogen) atoms. The summed E-state index contributed by atoms with van der Waals surface area (Å²) in [7, 11) is 1.37. The fourth-order valence-electron chi connectivity index (χ4n) is 1.77. The molecule has 0 aliphatic rings. The number of carbonyl (C=O) groups excluding carboxylic acids is 1. The van der Waals surface area contributed by atoms with Gasteiger partial charge in [-0.25, -0.2) is 0 Å². The van der Waals surface area contributed by atoms with Crippen molar-refractivity contribution in [3.63, 3.8) is 0 Å². The Bertz CT molecular complexity index is 516. The summed E-state index contributed by atoms with van der Waals surface area (Å²) in [5.74, 6) is -0.241. The van der Waals surface area contributed by atoms with E-state index in [1.807, 2.05) is 24.3 Å². The molecule has 1 N–H and O–H groups in total. The topological polar surface area (TPSA) is 51.5 Å². The summed E-state index contributed by atoms with van der Waals surface area (Å²) in [6.45, 7) is 0. The number of esters is 1. The molecule has 4 heteroatoms. The smallest absolute Gasteiger partial charge is 0.305 e. The molecule has 0 saturated carbocycles. The Morgan fingerprint density at radius 2 is 2.19 bits per heavy atom. The summed E-state index contributed by atoms with van der Waals surface area (Å²) in [6.07, 6.45) is 2.53. The van der Waals surface area contributed by atoms with Crippen LogP contribution < -0.4 is 0 Å². The molecule has 0 aliphatic carbocycles. The van der Waals surface area contributed by atoms with Gasteiger partial charge in [0.15, 0.2) is 0 Å². The lowest BCUT2D eigenvalue weighted by Gasteiger charge is -1.98. The van der Waals surface area contributed by atoms with Crippen molar-refractivity contribution in [1.82, 2.24) is 4.73 Å². The highest BCUT2D eigenvalue weighted by molar-refractivity contribution is 5.84. The van der Waals surface area contributed by atoms with Gasteiger partial charge in [-0.05, 0) is 18.1 Å². The first-order valence-electron chi connectivity index (χ1n) is 5.07. The summed E-state index contributed by atoms with van der Waals surface area (Å²) in [6, 6.07) is 7.52. The van der Waals surface area contributed by atoms with Gasteiger partial charge in [0.25, 0.3) is 0 Å². The fourth-order valence-corrected chi connectivity index (χ4v) is 1.77. The molecule has 2 rings (SSSR count). The van der Waals surface area contributed by atoms with Crippen LogP contribution in [0.3, 0.4) is 0 Å². The molecule has 1 heterocycles. The standard InChI is InChI=1S/C12H13NO3/c1-16-12(14)7-6-9-8-13(15)11-5-3-2-4-10(9)11/h2-5,8,15H,6-7H2,1H3. The zero-order valence-electron chi connectivity index (χ0n) is 9.01. The van der Waals surface area contributed by atoms with E-state index in [-0.39, 0.29) is 5.97 Å². The molecule has 0 radical (unpaired) electrons. The van der Waals surface area contributed by atoms with Crippen LogP contribution in [-0.2, 0) is 16.0 Å². The number of fused-ring (bicyclic) bond motifs is 1. The van der Waals surface area contributed by atoms with Gasteiger partial charge in [-0.3, -0.25) is 4.79 Å². The van der Waals surface area contributed by atoms with Gasteiger partial charge in [0.1, 0.15) is 0 Å². The van der Waals surface area contributed by atoms with Crippen LogP contribution in [-0.4, -0.2) is 23.0 Å². The number of aromatic nitrogens is 1. The number of benzene rings is 1. The van der Waals surface area contributed by atoms with E-state index in [1.54, 1.807) is 6.20 Å². The number of carbonyl (C=O) groups is 1. The average molecular weight is 219 g/mol. The molecule has 0 spiro atoms. The van der Waals surface area contributed by atoms with Crippen LogP contribution in [0, 0.1) is 0 Å². The Morgan fingerprint density at radius 3 is 2.94 bits per heavy atom. The first-order valence-corrected chi connectivity index (χ1v) is 5.07. The molecule has 0 aliphatic heterocycles. The monoisotopic (exact) mass is 219 g/mol. The maximum Gasteiger partial charge on any atom is 0.305 e. The summed E-state index contributed by atoms with van der Waals surface area (Å²) in [5, 5.41) is 10.6. The number of nitrogens with zero attached hydrogens (tertiary/aromatic N) is 1. The molecule has 84 valence electrons. The number of aryl methyl sites for hydroxylation is 1. The molecule has 1 aromatic heterocycles. The van der Waals surface area contributed by atoms with Crippen LogP contribution in [0.4, 0.5) is 0 Å². The first kappa shape index (κ1) is 10.5. The van der Waals surface area contributed by atoms with Crippen LogP contribution in [0.25, 0.3) is 10.9 Å². The molecule has 0 atom stereocenters. The molecular weight excluding hydrogens is 206 g/mol. The summed E-state index contributed by atoms with van der Waals surface area (Å²) in [5.41, 5.74) is 1.70. The Balaban J connectivity index is 2.27.